The summed E-state index contributed by atoms with van der Waals surface area (Å²) in [4.78, 5) is 13.1. The van der Waals surface area contributed by atoms with E-state index in [-0.39, 0.29) is 18.9 Å². The maximum atomic E-state index is 13.1. The number of carbonyl (C=O) groups excluding carboxylic acids is 1. The van der Waals surface area contributed by atoms with Crippen LogP contribution < -0.4 is 5.32 Å². The molecule has 9 N–H and O–H groups in total. The molecule has 2 rings (SSSR count). The average molecular weight is 1030 g/mol. The van der Waals surface area contributed by atoms with E-state index in [4.69, 9.17) is 18.9 Å². The third kappa shape index (κ3) is 30.3. The summed E-state index contributed by atoms with van der Waals surface area (Å²) in [6.07, 6.45) is 35.9. The highest BCUT2D eigenvalue weighted by atomic mass is 16.7. The smallest absolute Gasteiger partial charge is 0.220 e. The summed E-state index contributed by atoms with van der Waals surface area (Å²) in [5, 5.41) is 86.5. The molecule has 424 valence electrons. The van der Waals surface area contributed by atoms with Crippen LogP contribution in [0.1, 0.15) is 245 Å². The van der Waals surface area contributed by atoms with E-state index in [1.54, 1.807) is 6.08 Å². The molecule has 1 amide bonds. The Morgan fingerprint density at radius 1 is 0.486 bits per heavy atom. The Bertz CT molecular complexity index is 1300. The zero-order valence-corrected chi connectivity index (χ0v) is 45.4. The Morgan fingerprint density at radius 2 is 0.889 bits per heavy atom. The molecule has 12 unspecified atom stereocenters. The van der Waals surface area contributed by atoms with Gasteiger partial charge in [-0.15, -0.1) is 0 Å². The van der Waals surface area contributed by atoms with Crippen LogP contribution >= 0.6 is 0 Å². The minimum Gasteiger partial charge on any atom is -0.394 e. The molecule has 72 heavy (non-hydrogen) atoms. The lowest BCUT2D eigenvalue weighted by Crippen LogP contribution is -2.65. The van der Waals surface area contributed by atoms with E-state index in [1.807, 2.05) is 6.08 Å². The quantitative estimate of drug-likeness (QED) is 0.0205. The lowest BCUT2D eigenvalue weighted by molar-refractivity contribution is -0.359. The first-order chi connectivity index (χ1) is 35.1. The van der Waals surface area contributed by atoms with Crippen molar-refractivity contribution < 1.29 is 64.6 Å². The van der Waals surface area contributed by atoms with E-state index in [2.05, 4.69) is 31.3 Å². The van der Waals surface area contributed by atoms with Crippen LogP contribution in [-0.4, -0.2) is 140 Å². The fourth-order valence-corrected chi connectivity index (χ4v) is 9.85. The van der Waals surface area contributed by atoms with Gasteiger partial charge < -0.3 is 65.1 Å². The lowest BCUT2D eigenvalue weighted by Gasteiger charge is -2.46. The Balaban J connectivity index is 1.57. The number of amides is 1. The molecule has 12 atom stereocenters. The van der Waals surface area contributed by atoms with E-state index < -0.39 is 86.8 Å². The minimum atomic E-state index is -1.79. The number of rotatable bonds is 47. The van der Waals surface area contributed by atoms with Gasteiger partial charge in [-0.25, -0.2) is 0 Å². The molecule has 0 bridgehead atoms. The molecule has 2 saturated heterocycles. The summed E-state index contributed by atoms with van der Waals surface area (Å²) in [5.74, 6) is -0.250. The molecule has 0 aromatic carbocycles. The van der Waals surface area contributed by atoms with Crippen molar-refractivity contribution in [3.8, 4) is 0 Å². The molecule has 0 radical (unpaired) electrons. The standard InChI is InChI=1S/C58H109NO13/c1-3-5-7-9-11-12-13-14-15-16-17-18-19-20-21-22-23-24-25-26-27-28-29-30-31-32-33-34-36-38-40-42-50(63)59-46(47(62)41-39-37-35-10-8-6-4-2)45-69-57-55(68)53(66)56(49(44-61)71-57)72-58-54(67)52(65)51(64)48(43-60)70-58/h8,10,39,41,46-49,51-58,60-62,64-68H,3-7,9,11-38,40,42-45H2,1-2H3,(H,59,63)/b10-8+,41-39+. The van der Waals surface area contributed by atoms with Crippen LogP contribution in [-0.2, 0) is 23.7 Å². The van der Waals surface area contributed by atoms with E-state index in [9.17, 15) is 45.6 Å². The number of ether oxygens (including phenoxy) is 4. The Kier molecular flexibility index (Phi) is 41.2. The number of aliphatic hydroxyl groups excluding tert-OH is 8. The largest absolute Gasteiger partial charge is 0.394 e. The SMILES string of the molecule is CCC/C=C/CC/C=C/C(O)C(COC1OC(CO)C(OC2OC(CO)C(O)C(O)C2O)C(O)C1O)NC(=O)CCCCCCCCCCCCCCCCCCCCCCCCCCCCCCCCC. The van der Waals surface area contributed by atoms with Gasteiger partial charge in [0.25, 0.3) is 0 Å². The van der Waals surface area contributed by atoms with Gasteiger partial charge in [0.1, 0.15) is 48.8 Å². The average Bonchev–Trinajstić information content (AvgIpc) is 3.38. The summed E-state index contributed by atoms with van der Waals surface area (Å²) in [6, 6.07) is -0.925. The van der Waals surface area contributed by atoms with Crippen LogP contribution in [0.15, 0.2) is 24.3 Å². The Labute approximate surface area is 437 Å². The molecule has 0 aromatic rings. The molecule has 2 fully saturated rings. The van der Waals surface area contributed by atoms with Gasteiger partial charge in [0.15, 0.2) is 12.6 Å². The number of hydrogen-bond donors (Lipinski definition) is 9. The van der Waals surface area contributed by atoms with Crippen LogP contribution in [0, 0.1) is 0 Å². The summed E-state index contributed by atoms with van der Waals surface area (Å²) in [6.45, 7) is 2.67. The predicted molar refractivity (Wildman–Crippen MR) is 286 cm³/mol. The van der Waals surface area contributed by atoms with Crippen molar-refractivity contribution in [2.24, 2.45) is 0 Å². The lowest BCUT2D eigenvalue weighted by atomic mass is 9.97. The van der Waals surface area contributed by atoms with Crippen LogP contribution in [0.25, 0.3) is 0 Å². The van der Waals surface area contributed by atoms with Crippen molar-refractivity contribution in [2.45, 2.75) is 319 Å². The fraction of sp³-hybridized carbons (Fsp3) is 0.914. The maximum absolute atomic E-state index is 13.1. The highest BCUT2D eigenvalue weighted by molar-refractivity contribution is 5.76. The first-order valence-electron chi connectivity index (χ1n) is 29.6. The summed E-state index contributed by atoms with van der Waals surface area (Å²) in [5.41, 5.74) is 0. The molecule has 0 spiro atoms. The van der Waals surface area contributed by atoms with E-state index in [1.165, 1.54) is 173 Å². The van der Waals surface area contributed by atoms with E-state index in [0.717, 1.165) is 38.5 Å². The van der Waals surface area contributed by atoms with Gasteiger partial charge in [0, 0.05) is 6.42 Å². The molecule has 0 aromatic heterocycles. The van der Waals surface area contributed by atoms with Gasteiger partial charge in [-0.2, -0.15) is 0 Å². The number of carbonyl (C=O) groups is 1. The second-order valence-electron chi connectivity index (χ2n) is 21.1. The molecule has 2 aliphatic heterocycles. The van der Waals surface area contributed by atoms with Crippen molar-refractivity contribution in [2.75, 3.05) is 19.8 Å². The highest BCUT2D eigenvalue weighted by Crippen LogP contribution is 2.30. The molecule has 2 aliphatic rings. The Hall–Kier alpha value is -1.53. The van der Waals surface area contributed by atoms with Crippen LogP contribution in [0.2, 0.25) is 0 Å². The van der Waals surface area contributed by atoms with Crippen molar-refractivity contribution in [3.63, 3.8) is 0 Å². The molecular weight excluding hydrogens is 919 g/mol. The molecule has 0 aliphatic carbocycles. The molecule has 14 nitrogen and oxygen atoms in total. The van der Waals surface area contributed by atoms with Crippen LogP contribution in [0.3, 0.4) is 0 Å². The van der Waals surface area contributed by atoms with Gasteiger partial charge in [0.05, 0.1) is 32.0 Å². The van der Waals surface area contributed by atoms with Crippen molar-refractivity contribution in [1.29, 1.82) is 0 Å². The highest BCUT2D eigenvalue weighted by Gasteiger charge is 2.51. The summed E-state index contributed by atoms with van der Waals surface area (Å²) < 4.78 is 22.6. The van der Waals surface area contributed by atoms with Crippen LogP contribution in [0.5, 0.6) is 0 Å². The molecular formula is C58H109NO13. The fourth-order valence-electron chi connectivity index (χ4n) is 9.85. The second kappa shape index (κ2) is 44.6. The summed E-state index contributed by atoms with van der Waals surface area (Å²) >= 11 is 0. The van der Waals surface area contributed by atoms with Gasteiger partial charge in [-0.1, -0.05) is 237 Å². The maximum Gasteiger partial charge on any atom is 0.220 e. The van der Waals surface area contributed by atoms with Gasteiger partial charge in [-0.05, 0) is 25.7 Å². The molecule has 14 heteroatoms. The normalized spacial score (nSPS) is 25.7. The monoisotopic (exact) mass is 1030 g/mol. The van der Waals surface area contributed by atoms with Gasteiger partial charge >= 0.3 is 0 Å². The van der Waals surface area contributed by atoms with Gasteiger partial charge in [0.2, 0.25) is 5.91 Å². The van der Waals surface area contributed by atoms with Crippen LogP contribution in [0.4, 0.5) is 0 Å². The van der Waals surface area contributed by atoms with Crippen molar-refractivity contribution in [3.05, 3.63) is 24.3 Å². The third-order valence-electron chi connectivity index (χ3n) is 14.6. The first kappa shape index (κ1) is 66.6. The zero-order chi connectivity index (χ0) is 52.4. The summed E-state index contributed by atoms with van der Waals surface area (Å²) in [7, 11) is 0. The number of allylic oxidation sites excluding steroid dienone is 3. The third-order valence-corrected chi connectivity index (χ3v) is 14.6. The predicted octanol–water partition coefficient (Wildman–Crippen LogP) is 9.67. The topological polar surface area (TPSA) is 228 Å². The number of aliphatic hydroxyl groups is 8. The van der Waals surface area contributed by atoms with E-state index in [0.29, 0.717) is 12.8 Å². The second-order valence-corrected chi connectivity index (χ2v) is 21.1. The van der Waals surface area contributed by atoms with Crippen molar-refractivity contribution >= 4 is 5.91 Å². The van der Waals surface area contributed by atoms with Crippen molar-refractivity contribution in [1.82, 2.24) is 5.32 Å². The first-order valence-corrected chi connectivity index (χ1v) is 29.6. The number of hydrogen-bond acceptors (Lipinski definition) is 13. The number of unbranched alkanes of at least 4 members (excludes halogenated alkanes) is 32. The van der Waals surface area contributed by atoms with Gasteiger partial charge in [-0.3, -0.25) is 4.79 Å². The molecule has 0 saturated carbocycles. The zero-order valence-electron chi connectivity index (χ0n) is 45.4. The number of nitrogens with one attached hydrogen (secondary N) is 1. The molecule has 2 heterocycles. The Morgan fingerprint density at radius 3 is 1.33 bits per heavy atom. The minimum absolute atomic E-state index is 0.250. The van der Waals surface area contributed by atoms with E-state index >= 15 is 0 Å².